The number of hydrogen-bond donors (Lipinski definition) is 3. The van der Waals surface area contributed by atoms with E-state index in [4.69, 9.17) is 0 Å². The fourth-order valence-electron chi connectivity index (χ4n) is 3.10. The van der Waals surface area contributed by atoms with Gasteiger partial charge in [-0.15, -0.1) is 0 Å². The van der Waals surface area contributed by atoms with Crippen molar-refractivity contribution >= 4 is 22.9 Å². The van der Waals surface area contributed by atoms with E-state index in [9.17, 15) is 19.1 Å². The van der Waals surface area contributed by atoms with Gasteiger partial charge in [-0.05, 0) is 48.0 Å². The number of aliphatic carboxylic acids is 1. The molecule has 0 saturated heterocycles. The van der Waals surface area contributed by atoms with E-state index in [1.807, 2.05) is 12.1 Å². The van der Waals surface area contributed by atoms with Gasteiger partial charge in [0.1, 0.15) is 17.7 Å². The number of aromatic amines is 1. The van der Waals surface area contributed by atoms with E-state index in [2.05, 4.69) is 20.3 Å². The van der Waals surface area contributed by atoms with Crippen LogP contribution in [0, 0.1) is 5.82 Å². The van der Waals surface area contributed by atoms with Gasteiger partial charge in [-0.25, -0.2) is 14.2 Å². The first-order chi connectivity index (χ1) is 14.5. The summed E-state index contributed by atoms with van der Waals surface area (Å²) < 4.78 is 13.1. The molecule has 1 unspecified atom stereocenters. The summed E-state index contributed by atoms with van der Waals surface area (Å²) in [5.74, 6) is -1.46. The number of carboxylic acid groups (broad SMARTS) is 1. The molecule has 4 aromatic rings. The molecule has 0 radical (unpaired) electrons. The van der Waals surface area contributed by atoms with Crippen LogP contribution in [0.25, 0.3) is 22.4 Å². The van der Waals surface area contributed by atoms with Crippen LogP contribution >= 0.6 is 0 Å². The third-order valence-electron chi connectivity index (χ3n) is 4.65. The summed E-state index contributed by atoms with van der Waals surface area (Å²) in [7, 11) is 0. The molecule has 0 fully saturated rings. The number of H-pyrrole nitrogens is 1. The number of halogens is 1. The number of hydrogen-bond acceptors (Lipinski definition) is 4. The van der Waals surface area contributed by atoms with E-state index in [-0.39, 0.29) is 6.42 Å². The Kier molecular flexibility index (Phi) is 5.21. The first kappa shape index (κ1) is 19.3. The van der Waals surface area contributed by atoms with Gasteiger partial charge in [-0.1, -0.05) is 12.1 Å². The van der Waals surface area contributed by atoms with Gasteiger partial charge in [0.05, 0.1) is 11.0 Å². The number of carboxylic acids is 1. The second-order valence-corrected chi connectivity index (χ2v) is 6.75. The van der Waals surface area contributed by atoms with Crippen LogP contribution < -0.4 is 5.32 Å². The lowest BCUT2D eigenvalue weighted by atomic mass is 10.1. The minimum absolute atomic E-state index is 0.0415. The SMILES string of the molecule is O=C(NC(Cc1ccc(F)cc1)C(=O)O)c1ccc2nc(-c3ccncc3)[nH]c2c1. The lowest BCUT2D eigenvalue weighted by Gasteiger charge is -2.14. The molecule has 0 spiro atoms. The largest absolute Gasteiger partial charge is 0.480 e. The Balaban J connectivity index is 1.54. The Hall–Kier alpha value is -4.07. The number of fused-ring (bicyclic) bond motifs is 1. The van der Waals surface area contributed by atoms with Crippen molar-refractivity contribution in [3.63, 3.8) is 0 Å². The molecule has 8 heteroatoms. The zero-order valence-electron chi connectivity index (χ0n) is 15.7. The number of imidazole rings is 1. The van der Waals surface area contributed by atoms with E-state index in [1.165, 1.54) is 24.3 Å². The molecule has 4 rings (SSSR count). The Morgan fingerprint density at radius 1 is 1.07 bits per heavy atom. The molecule has 1 atom stereocenters. The lowest BCUT2D eigenvalue weighted by Crippen LogP contribution is -2.42. The molecule has 3 N–H and O–H groups in total. The molecule has 2 aromatic carbocycles. The Bertz CT molecular complexity index is 1210. The van der Waals surface area contributed by atoms with Gasteiger partial charge >= 0.3 is 5.97 Å². The normalized spacial score (nSPS) is 11.9. The second-order valence-electron chi connectivity index (χ2n) is 6.75. The van der Waals surface area contributed by atoms with E-state index in [1.54, 1.807) is 30.6 Å². The lowest BCUT2D eigenvalue weighted by molar-refractivity contribution is -0.139. The van der Waals surface area contributed by atoms with Crippen molar-refractivity contribution in [3.8, 4) is 11.4 Å². The van der Waals surface area contributed by atoms with Crippen LogP contribution in [0.3, 0.4) is 0 Å². The highest BCUT2D eigenvalue weighted by molar-refractivity contribution is 5.99. The average molecular weight is 404 g/mol. The minimum Gasteiger partial charge on any atom is -0.480 e. The Morgan fingerprint density at radius 3 is 2.50 bits per heavy atom. The summed E-state index contributed by atoms with van der Waals surface area (Å²) in [4.78, 5) is 35.9. The molecule has 1 amide bonds. The van der Waals surface area contributed by atoms with Gasteiger partial charge < -0.3 is 15.4 Å². The van der Waals surface area contributed by atoms with Crippen molar-refractivity contribution in [1.29, 1.82) is 0 Å². The number of nitrogens with one attached hydrogen (secondary N) is 2. The highest BCUT2D eigenvalue weighted by Crippen LogP contribution is 2.21. The summed E-state index contributed by atoms with van der Waals surface area (Å²) >= 11 is 0. The summed E-state index contributed by atoms with van der Waals surface area (Å²) in [5, 5.41) is 12.0. The number of aromatic nitrogens is 3. The van der Waals surface area contributed by atoms with Gasteiger partial charge in [0.25, 0.3) is 5.91 Å². The number of rotatable bonds is 6. The number of nitrogens with zero attached hydrogens (tertiary/aromatic N) is 2. The minimum atomic E-state index is -1.17. The van der Waals surface area contributed by atoms with Crippen LogP contribution in [-0.2, 0) is 11.2 Å². The quantitative estimate of drug-likeness (QED) is 0.457. The highest BCUT2D eigenvalue weighted by atomic mass is 19.1. The molecule has 30 heavy (non-hydrogen) atoms. The van der Waals surface area contributed by atoms with Gasteiger partial charge in [-0.2, -0.15) is 0 Å². The zero-order chi connectivity index (χ0) is 21.1. The van der Waals surface area contributed by atoms with Crippen molar-refractivity contribution in [2.45, 2.75) is 12.5 Å². The van der Waals surface area contributed by atoms with E-state index in [0.29, 0.717) is 28.0 Å². The molecule has 0 bridgehead atoms. The van der Waals surface area contributed by atoms with Crippen molar-refractivity contribution in [1.82, 2.24) is 20.3 Å². The average Bonchev–Trinajstić information content (AvgIpc) is 3.18. The van der Waals surface area contributed by atoms with E-state index in [0.717, 1.165) is 5.56 Å². The molecule has 0 aliphatic rings. The number of pyridine rings is 1. The Morgan fingerprint density at radius 2 is 1.80 bits per heavy atom. The van der Waals surface area contributed by atoms with Gasteiger partial charge in [0.2, 0.25) is 0 Å². The predicted molar refractivity (Wildman–Crippen MR) is 108 cm³/mol. The fourth-order valence-corrected chi connectivity index (χ4v) is 3.10. The van der Waals surface area contributed by atoms with Crippen LogP contribution in [0.5, 0.6) is 0 Å². The molecular weight excluding hydrogens is 387 g/mol. The number of carbonyl (C=O) groups excluding carboxylic acids is 1. The third kappa shape index (κ3) is 4.17. The van der Waals surface area contributed by atoms with Gasteiger partial charge in [0, 0.05) is 29.9 Å². The second kappa shape index (κ2) is 8.12. The van der Waals surface area contributed by atoms with Crippen molar-refractivity contribution in [2.75, 3.05) is 0 Å². The summed E-state index contributed by atoms with van der Waals surface area (Å²) in [5.41, 5.74) is 3.10. The van der Waals surface area contributed by atoms with Crippen molar-refractivity contribution in [3.05, 3.63) is 83.9 Å². The zero-order valence-corrected chi connectivity index (χ0v) is 15.7. The smallest absolute Gasteiger partial charge is 0.326 e. The topological polar surface area (TPSA) is 108 Å². The molecule has 150 valence electrons. The number of carbonyl (C=O) groups is 2. The molecule has 2 heterocycles. The molecule has 0 saturated carbocycles. The van der Waals surface area contributed by atoms with Gasteiger partial charge in [-0.3, -0.25) is 9.78 Å². The van der Waals surface area contributed by atoms with Crippen molar-refractivity contribution in [2.24, 2.45) is 0 Å². The van der Waals surface area contributed by atoms with Gasteiger partial charge in [0.15, 0.2) is 0 Å². The first-order valence-corrected chi connectivity index (χ1v) is 9.18. The maximum absolute atomic E-state index is 13.1. The highest BCUT2D eigenvalue weighted by Gasteiger charge is 2.21. The number of amides is 1. The van der Waals surface area contributed by atoms with E-state index >= 15 is 0 Å². The summed E-state index contributed by atoms with van der Waals surface area (Å²) in [6.45, 7) is 0. The molecular formula is C22H17FN4O3. The van der Waals surface area contributed by atoms with E-state index < -0.39 is 23.7 Å². The Labute approximate surface area is 170 Å². The fraction of sp³-hybridized carbons (Fsp3) is 0.0909. The third-order valence-corrected chi connectivity index (χ3v) is 4.65. The molecule has 0 aliphatic heterocycles. The summed E-state index contributed by atoms with van der Waals surface area (Å²) in [6.07, 6.45) is 3.36. The maximum Gasteiger partial charge on any atom is 0.326 e. The monoisotopic (exact) mass is 404 g/mol. The molecule has 2 aromatic heterocycles. The van der Waals surface area contributed by atoms with Crippen LogP contribution in [0.2, 0.25) is 0 Å². The van der Waals surface area contributed by atoms with Crippen LogP contribution in [0.4, 0.5) is 4.39 Å². The van der Waals surface area contributed by atoms with Crippen LogP contribution in [0.15, 0.2) is 67.0 Å². The molecule has 7 nitrogen and oxygen atoms in total. The van der Waals surface area contributed by atoms with Crippen LogP contribution in [0.1, 0.15) is 15.9 Å². The summed E-state index contributed by atoms with van der Waals surface area (Å²) in [6, 6.07) is 12.9. The predicted octanol–water partition coefficient (Wildman–Crippen LogP) is 3.19. The maximum atomic E-state index is 13.1. The molecule has 0 aliphatic carbocycles. The van der Waals surface area contributed by atoms with Crippen LogP contribution in [-0.4, -0.2) is 38.0 Å². The first-order valence-electron chi connectivity index (χ1n) is 9.18. The standard InChI is InChI=1S/C22H17FN4O3/c23-16-4-1-13(2-5-16)11-19(22(29)30)27-21(28)15-3-6-17-18(12-15)26-20(25-17)14-7-9-24-10-8-14/h1-10,12,19H,11H2,(H,25,26)(H,27,28)(H,29,30). The number of benzene rings is 2. The van der Waals surface area contributed by atoms with Crippen molar-refractivity contribution < 1.29 is 19.1 Å².